The zero-order valence-corrected chi connectivity index (χ0v) is 9.20. The van der Waals surface area contributed by atoms with E-state index in [0.29, 0.717) is 5.92 Å². The van der Waals surface area contributed by atoms with Crippen LogP contribution < -0.4 is 5.32 Å². The predicted molar refractivity (Wildman–Crippen MR) is 59.4 cm³/mol. The van der Waals surface area contributed by atoms with E-state index in [0.717, 1.165) is 12.1 Å². The molecule has 2 nitrogen and oxygen atoms in total. The average Bonchev–Trinajstić information content (AvgIpc) is 2.26. The highest BCUT2D eigenvalue weighted by Gasteiger charge is 2.07. The van der Waals surface area contributed by atoms with Crippen LogP contribution in [0.5, 0.6) is 0 Å². The molecule has 1 rings (SSSR count). The van der Waals surface area contributed by atoms with Crippen LogP contribution >= 0.6 is 0 Å². The summed E-state index contributed by atoms with van der Waals surface area (Å²) in [6.45, 7) is 4.92. The molecule has 0 aromatic heterocycles. The SMILES string of the molecule is C[C@H](CO)NC[C@@H](C)c1ccc(F)cc1. The van der Waals surface area contributed by atoms with Crippen molar-refractivity contribution in [3.05, 3.63) is 35.6 Å². The summed E-state index contributed by atoms with van der Waals surface area (Å²) in [5.74, 6) is 0.113. The monoisotopic (exact) mass is 211 g/mol. The molecule has 0 fully saturated rings. The second kappa shape index (κ2) is 5.83. The van der Waals surface area contributed by atoms with Crippen molar-refractivity contribution >= 4 is 0 Å². The molecule has 0 unspecified atom stereocenters. The summed E-state index contributed by atoms with van der Waals surface area (Å²) >= 11 is 0. The van der Waals surface area contributed by atoms with E-state index in [2.05, 4.69) is 12.2 Å². The smallest absolute Gasteiger partial charge is 0.123 e. The molecule has 15 heavy (non-hydrogen) atoms. The molecule has 0 aliphatic heterocycles. The van der Waals surface area contributed by atoms with Gasteiger partial charge in [0.1, 0.15) is 5.82 Å². The molecule has 0 amide bonds. The molecule has 0 saturated heterocycles. The molecule has 0 bridgehead atoms. The van der Waals surface area contributed by atoms with Crippen molar-refractivity contribution in [1.29, 1.82) is 0 Å². The van der Waals surface area contributed by atoms with E-state index >= 15 is 0 Å². The summed E-state index contributed by atoms with van der Waals surface area (Å²) in [6, 6.07) is 6.65. The van der Waals surface area contributed by atoms with Gasteiger partial charge in [-0.15, -0.1) is 0 Å². The molecule has 0 spiro atoms. The summed E-state index contributed by atoms with van der Waals surface area (Å²) in [7, 11) is 0. The van der Waals surface area contributed by atoms with Crippen molar-refractivity contribution in [3.63, 3.8) is 0 Å². The number of halogens is 1. The van der Waals surface area contributed by atoms with Gasteiger partial charge in [-0.2, -0.15) is 0 Å². The lowest BCUT2D eigenvalue weighted by molar-refractivity contribution is 0.250. The first-order valence-electron chi connectivity index (χ1n) is 5.23. The first-order chi connectivity index (χ1) is 7.13. The average molecular weight is 211 g/mol. The Hall–Kier alpha value is -0.930. The molecule has 0 radical (unpaired) electrons. The molecule has 2 N–H and O–H groups in total. The van der Waals surface area contributed by atoms with Crippen LogP contribution in [-0.4, -0.2) is 24.3 Å². The van der Waals surface area contributed by atoms with Gasteiger partial charge in [-0.1, -0.05) is 19.1 Å². The second-order valence-corrected chi connectivity index (χ2v) is 3.94. The molecule has 0 saturated carbocycles. The maximum Gasteiger partial charge on any atom is 0.123 e. The number of rotatable bonds is 5. The number of nitrogens with one attached hydrogen (secondary N) is 1. The Labute approximate surface area is 90.1 Å². The summed E-state index contributed by atoms with van der Waals surface area (Å²) in [6.07, 6.45) is 0. The van der Waals surface area contributed by atoms with E-state index in [-0.39, 0.29) is 18.5 Å². The fourth-order valence-corrected chi connectivity index (χ4v) is 1.35. The number of hydrogen-bond donors (Lipinski definition) is 2. The van der Waals surface area contributed by atoms with Crippen molar-refractivity contribution in [2.24, 2.45) is 0 Å². The third kappa shape index (κ3) is 3.98. The van der Waals surface area contributed by atoms with Gasteiger partial charge >= 0.3 is 0 Å². The Balaban J connectivity index is 2.46. The van der Waals surface area contributed by atoms with Crippen LogP contribution in [0.3, 0.4) is 0 Å². The van der Waals surface area contributed by atoms with Crippen LogP contribution in [0.15, 0.2) is 24.3 Å². The van der Waals surface area contributed by atoms with Gasteiger partial charge in [-0.25, -0.2) is 4.39 Å². The van der Waals surface area contributed by atoms with Crippen molar-refractivity contribution < 1.29 is 9.50 Å². The third-order valence-electron chi connectivity index (χ3n) is 2.49. The van der Waals surface area contributed by atoms with Crippen molar-refractivity contribution in [1.82, 2.24) is 5.32 Å². The van der Waals surface area contributed by atoms with Crippen LogP contribution in [-0.2, 0) is 0 Å². The first kappa shape index (κ1) is 12.1. The quantitative estimate of drug-likeness (QED) is 0.779. The topological polar surface area (TPSA) is 32.3 Å². The molecule has 0 aliphatic rings. The second-order valence-electron chi connectivity index (χ2n) is 3.94. The van der Waals surface area contributed by atoms with E-state index in [4.69, 9.17) is 5.11 Å². The Morgan fingerprint density at radius 1 is 1.27 bits per heavy atom. The fourth-order valence-electron chi connectivity index (χ4n) is 1.35. The molecule has 2 atom stereocenters. The van der Waals surface area contributed by atoms with Crippen molar-refractivity contribution in [2.75, 3.05) is 13.2 Å². The van der Waals surface area contributed by atoms with Crippen molar-refractivity contribution in [2.45, 2.75) is 25.8 Å². The van der Waals surface area contributed by atoms with E-state index in [9.17, 15) is 4.39 Å². The summed E-state index contributed by atoms with van der Waals surface area (Å²) in [4.78, 5) is 0. The first-order valence-corrected chi connectivity index (χ1v) is 5.23. The molecular weight excluding hydrogens is 193 g/mol. The van der Waals surface area contributed by atoms with E-state index in [1.807, 2.05) is 6.92 Å². The molecule has 0 heterocycles. The van der Waals surface area contributed by atoms with Crippen LogP contribution in [0, 0.1) is 5.82 Å². The van der Waals surface area contributed by atoms with Crippen LogP contribution in [0.2, 0.25) is 0 Å². The van der Waals surface area contributed by atoms with Crippen molar-refractivity contribution in [3.8, 4) is 0 Å². The maximum absolute atomic E-state index is 12.7. The lowest BCUT2D eigenvalue weighted by Crippen LogP contribution is -2.32. The van der Waals surface area contributed by atoms with Gasteiger partial charge in [-0.3, -0.25) is 0 Å². The van der Waals surface area contributed by atoms with Gasteiger partial charge in [0.2, 0.25) is 0 Å². The number of benzene rings is 1. The maximum atomic E-state index is 12.7. The number of hydrogen-bond acceptors (Lipinski definition) is 2. The molecule has 1 aromatic rings. The van der Waals surface area contributed by atoms with Crippen LogP contribution in [0.25, 0.3) is 0 Å². The van der Waals surface area contributed by atoms with E-state index in [1.54, 1.807) is 12.1 Å². The van der Waals surface area contributed by atoms with Gasteiger partial charge in [0.05, 0.1) is 6.61 Å². The van der Waals surface area contributed by atoms with Crippen LogP contribution in [0.4, 0.5) is 4.39 Å². The van der Waals surface area contributed by atoms with Crippen LogP contribution in [0.1, 0.15) is 25.3 Å². The van der Waals surface area contributed by atoms with E-state index in [1.165, 1.54) is 12.1 Å². The Morgan fingerprint density at radius 3 is 2.40 bits per heavy atom. The summed E-state index contributed by atoms with van der Waals surface area (Å²) < 4.78 is 12.7. The third-order valence-corrected chi connectivity index (χ3v) is 2.49. The molecule has 3 heteroatoms. The fraction of sp³-hybridized carbons (Fsp3) is 0.500. The largest absolute Gasteiger partial charge is 0.395 e. The molecule has 84 valence electrons. The van der Waals surface area contributed by atoms with Gasteiger partial charge in [0.15, 0.2) is 0 Å². The molecular formula is C12H18FNO. The zero-order valence-electron chi connectivity index (χ0n) is 9.20. The Bertz CT molecular complexity index is 286. The van der Waals surface area contributed by atoms with E-state index < -0.39 is 0 Å². The molecule has 0 aliphatic carbocycles. The van der Waals surface area contributed by atoms with Gasteiger partial charge in [-0.05, 0) is 30.5 Å². The van der Waals surface area contributed by atoms with Gasteiger partial charge in [0, 0.05) is 12.6 Å². The molecule has 1 aromatic carbocycles. The minimum absolute atomic E-state index is 0.105. The normalized spacial score (nSPS) is 14.9. The highest BCUT2D eigenvalue weighted by atomic mass is 19.1. The summed E-state index contributed by atoms with van der Waals surface area (Å²) in [5, 5.41) is 12.0. The standard InChI is InChI=1S/C12H18FNO/c1-9(7-14-10(2)8-15)11-3-5-12(13)6-4-11/h3-6,9-10,14-15H,7-8H2,1-2H3/t9-,10-/m1/s1. The minimum Gasteiger partial charge on any atom is -0.395 e. The van der Waals surface area contributed by atoms with Gasteiger partial charge < -0.3 is 10.4 Å². The highest BCUT2D eigenvalue weighted by Crippen LogP contribution is 2.14. The number of aliphatic hydroxyl groups excluding tert-OH is 1. The van der Waals surface area contributed by atoms with Gasteiger partial charge in [0.25, 0.3) is 0 Å². The highest BCUT2D eigenvalue weighted by molar-refractivity contribution is 5.20. The lowest BCUT2D eigenvalue weighted by Gasteiger charge is -2.16. The summed E-state index contributed by atoms with van der Waals surface area (Å²) in [5.41, 5.74) is 1.11. The lowest BCUT2D eigenvalue weighted by atomic mass is 10.0. The Kier molecular flexibility index (Phi) is 4.72. The minimum atomic E-state index is -0.206. The predicted octanol–water partition coefficient (Wildman–Crippen LogP) is 1.90. The zero-order chi connectivity index (χ0) is 11.3. The number of aliphatic hydroxyl groups is 1. The Morgan fingerprint density at radius 2 is 1.87 bits per heavy atom.